The molecule has 0 radical (unpaired) electrons. The van der Waals surface area contributed by atoms with Gasteiger partial charge in [-0.15, -0.1) is 26.2 Å². The SMILES string of the molecule is O=C(N=c1sccn1Cc1ccc(Cl)cc1Cl)C1CCN(c2ccc3nnnn3n2)CC1. The molecule has 3 aromatic heterocycles. The van der Waals surface area contributed by atoms with Crippen LogP contribution in [0.3, 0.4) is 0 Å². The number of carbonyl (C=O) groups is 1. The second kappa shape index (κ2) is 8.97. The van der Waals surface area contributed by atoms with E-state index < -0.39 is 0 Å². The van der Waals surface area contributed by atoms with Gasteiger partial charge in [0.2, 0.25) is 0 Å². The fourth-order valence-corrected chi connectivity index (χ4v) is 4.89. The standard InChI is InChI=1S/C20H18Cl2N8OS/c21-15-2-1-14(16(22)11-15)12-29-9-10-32-20(29)23-19(31)13-5-7-28(8-6-13)18-4-3-17-24-26-27-30(17)25-18/h1-4,9-11,13H,5-8,12H2. The third kappa shape index (κ3) is 4.38. The number of aromatic nitrogens is 6. The molecule has 9 nitrogen and oxygen atoms in total. The van der Waals surface area contributed by atoms with Crippen LogP contribution < -0.4 is 9.70 Å². The van der Waals surface area contributed by atoms with Gasteiger partial charge in [-0.05, 0) is 53.1 Å². The molecule has 164 valence electrons. The van der Waals surface area contributed by atoms with Crippen molar-refractivity contribution in [3.63, 3.8) is 0 Å². The van der Waals surface area contributed by atoms with Crippen LogP contribution in [0.15, 0.2) is 46.9 Å². The molecule has 0 unspecified atom stereocenters. The van der Waals surface area contributed by atoms with Gasteiger partial charge in [0.25, 0.3) is 5.91 Å². The van der Waals surface area contributed by atoms with Gasteiger partial charge in [-0.2, -0.15) is 4.99 Å². The van der Waals surface area contributed by atoms with E-state index in [2.05, 4.69) is 30.5 Å². The number of piperidine rings is 1. The van der Waals surface area contributed by atoms with Gasteiger partial charge in [0.1, 0.15) is 0 Å². The summed E-state index contributed by atoms with van der Waals surface area (Å²) in [7, 11) is 0. The summed E-state index contributed by atoms with van der Waals surface area (Å²) in [6, 6.07) is 9.13. The van der Waals surface area contributed by atoms with Gasteiger partial charge < -0.3 is 9.47 Å². The molecule has 1 fully saturated rings. The average molecular weight is 489 g/mol. The zero-order chi connectivity index (χ0) is 22.1. The molecular weight excluding hydrogens is 471 g/mol. The predicted molar refractivity (Wildman–Crippen MR) is 122 cm³/mol. The number of halogens is 2. The number of nitrogens with zero attached hydrogens (tertiary/aromatic N) is 8. The van der Waals surface area contributed by atoms with Crippen molar-refractivity contribution in [2.24, 2.45) is 10.9 Å². The topological polar surface area (TPSA) is 93.6 Å². The fourth-order valence-electron chi connectivity index (χ4n) is 3.69. The zero-order valence-corrected chi connectivity index (χ0v) is 19.1. The van der Waals surface area contributed by atoms with Crippen molar-refractivity contribution in [1.82, 2.24) is 29.8 Å². The molecule has 0 atom stereocenters. The second-order valence-corrected chi connectivity index (χ2v) is 9.20. The number of anilines is 1. The number of amides is 1. The molecule has 0 aliphatic carbocycles. The maximum atomic E-state index is 12.9. The van der Waals surface area contributed by atoms with Crippen molar-refractivity contribution in [3.8, 4) is 0 Å². The molecule has 4 aromatic rings. The summed E-state index contributed by atoms with van der Waals surface area (Å²) < 4.78 is 3.34. The molecule has 0 N–H and O–H groups in total. The third-order valence-corrected chi connectivity index (χ3v) is 6.83. The summed E-state index contributed by atoms with van der Waals surface area (Å²) in [5.74, 6) is 0.591. The smallest absolute Gasteiger partial charge is 0.251 e. The number of fused-ring (bicyclic) bond motifs is 1. The van der Waals surface area contributed by atoms with Crippen LogP contribution in [0.4, 0.5) is 5.82 Å². The summed E-state index contributed by atoms with van der Waals surface area (Å²) >= 11 is 13.7. The summed E-state index contributed by atoms with van der Waals surface area (Å²) in [4.78, 5) is 20.1. The van der Waals surface area contributed by atoms with Crippen molar-refractivity contribution in [1.29, 1.82) is 0 Å². The number of rotatable bonds is 4. The van der Waals surface area contributed by atoms with Crippen LogP contribution in [0, 0.1) is 5.92 Å². The molecule has 0 spiro atoms. The van der Waals surface area contributed by atoms with Gasteiger partial charge in [0, 0.05) is 40.6 Å². The van der Waals surface area contributed by atoms with E-state index in [-0.39, 0.29) is 11.8 Å². The first-order valence-electron chi connectivity index (χ1n) is 10.0. The van der Waals surface area contributed by atoms with Crippen LogP contribution in [-0.2, 0) is 11.3 Å². The highest BCUT2D eigenvalue weighted by Crippen LogP contribution is 2.23. The summed E-state index contributed by atoms with van der Waals surface area (Å²) in [5, 5.41) is 18.8. The Morgan fingerprint density at radius 2 is 2.03 bits per heavy atom. The highest BCUT2D eigenvalue weighted by atomic mass is 35.5. The van der Waals surface area contributed by atoms with Gasteiger partial charge in [0.05, 0.1) is 6.54 Å². The van der Waals surface area contributed by atoms with Crippen molar-refractivity contribution in [2.45, 2.75) is 19.4 Å². The fraction of sp³-hybridized carbons (Fsp3) is 0.300. The number of benzene rings is 1. The Morgan fingerprint density at radius 1 is 1.19 bits per heavy atom. The number of carbonyl (C=O) groups excluding carboxylic acids is 1. The van der Waals surface area contributed by atoms with Crippen LogP contribution in [0.5, 0.6) is 0 Å². The van der Waals surface area contributed by atoms with Crippen molar-refractivity contribution < 1.29 is 4.79 Å². The molecule has 32 heavy (non-hydrogen) atoms. The Balaban J connectivity index is 1.26. The van der Waals surface area contributed by atoms with Crippen LogP contribution in [0.1, 0.15) is 18.4 Å². The van der Waals surface area contributed by atoms with E-state index >= 15 is 0 Å². The Bertz CT molecular complexity index is 1340. The lowest BCUT2D eigenvalue weighted by molar-refractivity contribution is -0.122. The van der Waals surface area contributed by atoms with Crippen LogP contribution in [0.25, 0.3) is 5.65 Å². The van der Waals surface area contributed by atoms with E-state index in [1.807, 2.05) is 34.3 Å². The van der Waals surface area contributed by atoms with Gasteiger partial charge in [-0.1, -0.05) is 29.3 Å². The molecule has 4 heterocycles. The van der Waals surface area contributed by atoms with Crippen LogP contribution in [-0.4, -0.2) is 48.8 Å². The molecule has 1 saturated heterocycles. The highest BCUT2D eigenvalue weighted by molar-refractivity contribution is 7.07. The minimum Gasteiger partial charge on any atom is -0.355 e. The molecule has 1 aromatic carbocycles. The van der Waals surface area contributed by atoms with Gasteiger partial charge in [0.15, 0.2) is 16.3 Å². The first kappa shape index (κ1) is 21.0. The largest absolute Gasteiger partial charge is 0.355 e. The number of tetrazole rings is 1. The monoisotopic (exact) mass is 488 g/mol. The normalized spacial score (nSPS) is 15.6. The minimum absolute atomic E-state index is 0.0908. The lowest BCUT2D eigenvalue weighted by atomic mass is 9.96. The second-order valence-electron chi connectivity index (χ2n) is 7.48. The first-order valence-corrected chi connectivity index (χ1v) is 11.7. The summed E-state index contributed by atoms with van der Waals surface area (Å²) in [6.07, 6.45) is 3.34. The lowest BCUT2D eigenvalue weighted by Gasteiger charge is -2.31. The average Bonchev–Trinajstić information content (AvgIpc) is 3.44. The van der Waals surface area contributed by atoms with Gasteiger partial charge in [-0.3, -0.25) is 4.79 Å². The van der Waals surface area contributed by atoms with E-state index in [0.717, 1.165) is 24.5 Å². The minimum atomic E-state index is -0.113. The number of thiazole rings is 1. The molecular formula is C20H18Cl2N8OS. The predicted octanol–water partition coefficient (Wildman–Crippen LogP) is 3.08. The molecule has 1 aliphatic rings. The maximum Gasteiger partial charge on any atom is 0.251 e. The van der Waals surface area contributed by atoms with Gasteiger partial charge in [-0.25, -0.2) is 0 Å². The van der Waals surface area contributed by atoms with Crippen molar-refractivity contribution >= 4 is 51.9 Å². The summed E-state index contributed by atoms with van der Waals surface area (Å²) in [5.41, 5.74) is 1.52. The Morgan fingerprint density at radius 3 is 2.84 bits per heavy atom. The van der Waals surface area contributed by atoms with E-state index in [1.54, 1.807) is 12.1 Å². The molecule has 1 amide bonds. The van der Waals surface area contributed by atoms with E-state index in [0.29, 0.717) is 39.9 Å². The lowest BCUT2D eigenvalue weighted by Crippen LogP contribution is -2.37. The van der Waals surface area contributed by atoms with Gasteiger partial charge >= 0.3 is 0 Å². The summed E-state index contributed by atoms with van der Waals surface area (Å²) in [6.45, 7) is 1.96. The Kier molecular flexibility index (Phi) is 5.90. The highest BCUT2D eigenvalue weighted by Gasteiger charge is 2.26. The molecule has 5 rings (SSSR count). The Labute approximate surface area is 196 Å². The first-order chi connectivity index (χ1) is 15.6. The molecule has 12 heteroatoms. The number of hydrogen-bond donors (Lipinski definition) is 0. The molecule has 1 aliphatic heterocycles. The zero-order valence-electron chi connectivity index (χ0n) is 16.8. The van der Waals surface area contributed by atoms with E-state index in [1.165, 1.54) is 16.0 Å². The van der Waals surface area contributed by atoms with Crippen molar-refractivity contribution in [3.05, 3.63) is 62.3 Å². The molecule has 0 bridgehead atoms. The molecule has 0 saturated carbocycles. The van der Waals surface area contributed by atoms with Crippen LogP contribution >= 0.6 is 34.5 Å². The van der Waals surface area contributed by atoms with E-state index in [9.17, 15) is 4.79 Å². The quantitative estimate of drug-likeness (QED) is 0.438. The Hall–Kier alpha value is -2.82. The van der Waals surface area contributed by atoms with Crippen molar-refractivity contribution in [2.75, 3.05) is 18.0 Å². The number of hydrogen-bond acceptors (Lipinski definition) is 7. The van der Waals surface area contributed by atoms with E-state index in [4.69, 9.17) is 23.2 Å². The third-order valence-electron chi connectivity index (χ3n) is 5.45. The van der Waals surface area contributed by atoms with Crippen LogP contribution in [0.2, 0.25) is 10.0 Å². The maximum absolute atomic E-state index is 12.9.